The summed E-state index contributed by atoms with van der Waals surface area (Å²) in [5.74, 6) is 0.766. The molecule has 26 heavy (non-hydrogen) atoms. The molecule has 1 saturated heterocycles. The Morgan fingerprint density at radius 2 is 1.85 bits per heavy atom. The standard InChI is InChI=1S/C19H16BrNO4S/c1-24-15-9-5-7-12(17(15)25-2)10-16-18(22)21(19(23)26-16)11-13-6-3-4-8-14(13)20/h3-10H,11H2,1-2H3/b16-10+. The Kier molecular flexibility index (Phi) is 5.68. The van der Waals surface area contributed by atoms with Crippen LogP contribution in [0.25, 0.3) is 6.08 Å². The highest BCUT2D eigenvalue weighted by Gasteiger charge is 2.35. The predicted octanol–water partition coefficient (Wildman–Crippen LogP) is 4.70. The van der Waals surface area contributed by atoms with E-state index in [-0.39, 0.29) is 17.7 Å². The molecule has 0 aromatic heterocycles. The highest BCUT2D eigenvalue weighted by atomic mass is 79.9. The van der Waals surface area contributed by atoms with E-state index >= 15 is 0 Å². The minimum absolute atomic E-state index is 0.221. The molecule has 2 amide bonds. The topological polar surface area (TPSA) is 55.8 Å². The van der Waals surface area contributed by atoms with Crippen LogP contribution in [0.15, 0.2) is 51.8 Å². The lowest BCUT2D eigenvalue weighted by atomic mass is 10.1. The zero-order valence-electron chi connectivity index (χ0n) is 14.2. The minimum atomic E-state index is -0.319. The fourth-order valence-electron chi connectivity index (χ4n) is 2.60. The normalized spacial score (nSPS) is 15.7. The molecule has 1 heterocycles. The van der Waals surface area contributed by atoms with Crippen molar-refractivity contribution in [3.05, 3.63) is 63.0 Å². The summed E-state index contributed by atoms with van der Waals surface area (Å²) in [5, 5.41) is -0.293. The number of nitrogens with zero attached hydrogens (tertiary/aromatic N) is 1. The van der Waals surface area contributed by atoms with Crippen molar-refractivity contribution in [1.29, 1.82) is 0 Å². The number of carbonyl (C=O) groups excluding carboxylic acids is 2. The quantitative estimate of drug-likeness (QED) is 0.639. The Balaban J connectivity index is 1.90. The number of methoxy groups -OCH3 is 2. The number of ether oxygens (including phenoxy) is 2. The second kappa shape index (κ2) is 7.97. The van der Waals surface area contributed by atoms with E-state index in [9.17, 15) is 9.59 Å². The Hall–Kier alpha value is -2.25. The third-order valence-electron chi connectivity index (χ3n) is 3.88. The molecule has 0 radical (unpaired) electrons. The maximum absolute atomic E-state index is 12.7. The van der Waals surface area contributed by atoms with E-state index in [4.69, 9.17) is 9.47 Å². The Morgan fingerprint density at radius 1 is 1.08 bits per heavy atom. The van der Waals surface area contributed by atoms with Crippen LogP contribution in [-0.4, -0.2) is 30.3 Å². The molecule has 1 aliphatic heterocycles. The van der Waals surface area contributed by atoms with Crippen molar-refractivity contribution in [2.75, 3.05) is 14.2 Å². The number of amides is 2. The van der Waals surface area contributed by atoms with Crippen LogP contribution in [0.1, 0.15) is 11.1 Å². The van der Waals surface area contributed by atoms with Gasteiger partial charge >= 0.3 is 0 Å². The Labute approximate surface area is 164 Å². The largest absolute Gasteiger partial charge is 0.493 e. The molecule has 0 spiro atoms. The van der Waals surface area contributed by atoms with E-state index in [1.807, 2.05) is 30.3 Å². The molecule has 0 atom stereocenters. The first-order valence-electron chi connectivity index (χ1n) is 7.75. The van der Waals surface area contributed by atoms with Crippen LogP contribution >= 0.6 is 27.7 Å². The van der Waals surface area contributed by atoms with Crippen LogP contribution in [-0.2, 0) is 11.3 Å². The number of para-hydroxylation sites is 1. The van der Waals surface area contributed by atoms with Gasteiger partial charge in [0.1, 0.15) is 0 Å². The molecule has 1 fully saturated rings. The fourth-order valence-corrected chi connectivity index (χ4v) is 3.84. The molecule has 7 heteroatoms. The van der Waals surface area contributed by atoms with Gasteiger partial charge in [0.05, 0.1) is 25.7 Å². The second-order valence-corrected chi connectivity index (χ2v) is 7.29. The van der Waals surface area contributed by atoms with Crippen molar-refractivity contribution in [2.45, 2.75) is 6.54 Å². The summed E-state index contributed by atoms with van der Waals surface area (Å²) >= 11 is 4.37. The van der Waals surface area contributed by atoms with Gasteiger partial charge in [0.25, 0.3) is 11.1 Å². The summed E-state index contributed by atoms with van der Waals surface area (Å²) in [7, 11) is 3.08. The monoisotopic (exact) mass is 433 g/mol. The molecule has 3 rings (SSSR count). The van der Waals surface area contributed by atoms with Crippen LogP contribution < -0.4 is 9.47 Å². The van der Waals surface area contributed by atoms with Crippen molar-refractivity contribution in [2.24, 2.45) is 0 Å². The number of halogens is 1. The van der Waals surface area contributed by atoms with E-state index in [1.165, 1.54) is 12.0 Å². The first-order valence-corrected chi connectivity index (χ1v) is 9.36. The van der Waals surface area contributed by atoms with Gasteiger partial charge < -0.3 is 9.47 Å². The van der Waals surface area contributed by atoms with Gasteiger partial charge in [0, 0.05) is 10.0 Å². The zero-order valence-corrected chi connectivity index (χ0v) is 16.6. The highest BCUT2D eigenvalue weighted by molar-refractivity contribution is 9.10. The van der Waals surface area contributed by atoms with Crippen molar-refractivity contribution < 1.29 is 19.1 Å². The van der Waals surface area contributed by atoms with Crippen LogP contribution in [0.3, 0.4) is 0 Å². The number of imide groups is 1. The molecule has 2 aromatic rings. The minimum Gasteiger partial charge on any atom is -0.493 e. The fraction of sp³-hybridized carbons (Fsp3) is 0.158. The summed E-state index contributed by atoms with van der Waals surface area (Å²) in [6.45, 7) is 0.221. The number of benzene rings is 2. The van der Waals surface area contributed by atoms with Gasteiger partial charge in [-0.2, -0.15) is 0 Å². The van der Waals surface area contributed by atoms with Gasteiger partial charge in [-0.3, -0.25) is 14.5 Å². The van der Waals surface area contributed by atoms with E-state index in [0.29, 0.717) is 22.0 Å². The summed E-state index contributed by atoms with van der Waals surface area (Å²) < 4.78 is 11.5. The van der Waals surface area contributed by atoms with E-state index in [0.717, 1.165) is 21.8 Å². The Bertz CT molecular complexity index is 897. The highest BCUT2D eigenvalue weighted by Crippen LogP contribution is 2.38. The number of thioether (sulfide) groups is 1. The molecule has 134 valence electrons. The van der Waals surface area contributed by atoms with Gasteiger partial charge in [0.2, 0.25) is 0 Å². The first kappa shape index (κ1) is 18.5. The third-order valence-corrected chi connectivity index (χ3v) is 5.56. The maximum atomic E-state index is 12.7. The molecule has 0 bridgehead atoms. The lowest BCUT2D eigenvalue weighted by Crippen LogP contribution is -2.27. The lowest BCUT2D eigenvalue weighted by molar-refractivity contribution is -0.123. The van der Waals surface area contributed by atoms with Gasteiger partial charge in [0.15, 0.2) is 11.5 Å². The smallest absolute Gasteiger partial charge is 0.293 e. The lowest BCUT2D eigenvalue weighted by Gasteiger charge is -2.13. The van der Waals surface area contributed by atoms with Crippen molar-refractivity contribution in [3.63, 3.8) is 0 Å². The first-order chi connectivity index (χ1) is 12.5. The van der Waals surface area contributed by atoms with Gasteiger partial charge in [-0.1, -0.05) is 46.3 Å². The van der Waals surface area contributed by atoms with Crippen LogP contribution in [0, 0.1) is 0 Å². The number of hydrogen-bond acceptors (Lipinski definition) is 5. The van der Waals surface area contributed by atoms with E-state index < -0.39 is 0 Å². The van der Waals surface area contributed by atoms with Crippen molar-refractivity contribution >= 4 is 44.9 Å². The number of hydrogen-bond donors (Lipinski definition) is 0. The molecule has 0 saturated carbocycles. The molecular weight excluding hydrogens is 418 g/mol. The zero-order chi connectivity index (χ0) is 18.7. The SMILES string of the molecule is COc1cccc(/C=C2/SC(=O)N(Cc3ccccc3Br)C2=O)c1OC. The molecule has 0 unspecified atom stereocenters. The Morgan fingerprint density at radius 3 is 2.54 bits per heavy atom. The summed E-state index contributed by atoms with van der Waals surface area (Å²) in [6.07, 6.45) is 1.66. The van der Waals surface area contributed by atoms with Crippen LogP contribution in [0.4, 0.5) is 4.79 Å². The van der Waals surface area contributed by atoms with E-state index in [1.54, 1.807) is 25.3 Å². The van der Waals surface area contributed by atoms with Crippen molar-refractivity contribution in [1.82, 2.24) is 4.90 Å². The summed E-state index contributed by atoms with van der Waals surface area (Å²) in [6, 6.07) is 12.9. The summed E-state index contributed by atoms with van der Waals surface area (Å²) in [5.41, 5.74) is 1.55. The van der Waals surface area contributed by atoms with Crippen molar-refractivity contribution in [3.8, 4) is 11.5 Å². The molecular formula is C19H16BrNO4S. The molecule has 1 aliphatic rings. The third kappa shape index (κ3) is 3.64. The predicted molar refractivity (Wildman–Crippen MR) is 105 cm³/mol. The molecule has 2 aromatic carbocycles. The van der Waals surface area contributed by atoms with E-state index in [2.05, 4.69) is 15.9 Å². The van der Waals surface area contributed by atoms with Crippen LogP contribution in [0.5, 0.6) is 11.5 Å². The summed E-state index contributed by atoms with van der Waals surface area (Å²) in [4.78, 5) is 26.6. The van der Waals surface area contributed by atoms with Gasteiger partial charge in [-0.25, -0.2) is 0 Å². The number of carbonyl (C=O) groups is 2. The average Bonchev–Trinajstić information content (AvgIpc) is 2.90. The van der Waals surface area contributed by atoms with Gasteiger partial charge in [-0.15, -0.1) is 0 Å². The number of rotatable bonds is 5. The molecule has 5 nitrogen and oxygen atoms in total. The molecule has 0 N–H and O–H groups in total. The van der Waals surface area contributed by atoms with Gasteiger partial charge in [-0.05, 0) is 35.5 Å². The maximum Gasteiger partial charge on any atom is 0.293 e. The van der Waals surface area contributed by atoms with Crippen LogP contribution in [0.2, 0.25) is 0 Å². The molecule has 0 aliphatic carbocycles. The second-order valence-electron chi connectivity index (χ2n) is 5.44. The average molecular weight is 434 g/mol.